The van der Waals surface area contributed by atoms with Crippen molar-refractivity contribution in [2.24, 2.45) is 4.99 Å². The maximum Gasteiger partial charge on any atom is 0.264 e. The van der Waals surface area contributed by atoms with Gasteiger partial charge in [-0.05, 0) is 95.1 Å². The molecule has 0 saturated carbocycles. The van der Waals surface area contributed by atoms with Crippen molar-refractivity contribution in [2.45, 2.75) is 20.5 Å². The zero-order valence-electron chi connectivity index (χ0n) is 18.3. The van der Waals surface area contributed by atoms with Crippen molar-refractivity contribution in [3.63, 3.8) is 0 Å². The molecule has 168 valence electrons. The molecule has 0 atom stereocenters. The second kappa shape index (κ2) is 10.7. The maximum atomic E-state index is 12.4. The van der Waals surface area contributed by atoms with Gasteiger partial charge in [0, 0.05) is 0 Å². The Hall–Kier alpha value is -3.03. The summed E-state index contributed by atoms with van der Waals surface area (Å²) in [5.41, 5.74) is 3.97. The summed E-state index contributed by atoms with van der Waals surface area (Å²) in [6.45, 7) is 5.11. The molecule has 1 saturated heterocycles. The normalized spacial score (nSPS) is 15.7. The molecule has 5 nitrogen and oxygen atoms in total. The third-order valence-electron chi connectivity index (χ3n) is 4.80. The van der Waals surface area contributed by atoms with Crippen LogP contribution in [0.3, 0.4) is 0 Å². The summed E-state index contributed by atoms with van der Waals surface area (Å²) in [6.07, 6.45) is 1.84. The first-order valence-corrected chi connectivity index (χ1v) is 12.1. The number of nitrogens with zero attached hydrogens (tertiary/aromatic N) is 1. The number of amidine groups is 1. The fourth-order valence-corrected chi connectivity index (χ4v) is 4.45. The molecule has 1 aliphatic rings. The van der Waals surface area contributed by atoms with Crippen LogP contribution in [0.4, 0.5) is 5.69 Å². The Balaban J connectivity index is 1.42. The van der Waals surface area contributed by atoms with E-state index in [0.717, 1.165) is 32.8 Å². The smallest absolute Gasteiger partial charge is 0.264 e. The van der Waals surface area contributed by atoms with Crippen LogP contribution >= 0.6 is 27.7 Å². The van der Waals surface area contributed by atoms with E-state index in [4.69, 9.17) is 9.47 Å². The van der Waals surface area contributed by atoms with Crippen LogP contribution in [-0.4, -0.2) is 17.7 Å². The molecule has 0 bridgehead atoms. The quantitative estimate of drug-likeness (QED) is 0.354. The number of thioether (sulfide) groups is 1. The molecule has 4 rings (SSSR count). The first kappa shape index (κ1) is 23.1. The van der Waals surface area contributed by atoms with E-state index in [1.54, 1.807) is 0 Å². The number of halogens is 1. The standard InChI is InChI=1S/C26H23BrN2O3S/c1-3-31-21-11-9-20(10-12-21)28-26-29-25(30)24(33-26)15-19-8-13-23(22(27)14-19)32-16-18-6-4-17(2)5-7-18/h4-15H,3,16H2,1-2H3,(H,28,29,30)/b24-15+. The molecule has 3 aromatic carbocycles. The topological polar surface area (TPSA) is 59.9 Å². The van der Waals surface area contributed by atoms with E-state index in [1.807, 2.05) is 55.5 Å². The fraction of sp³-hybridized carbons (Fsp3) is 0.154. The Kier molecular flexibility index (Phi) is 7.52. The van der Waals surface area contributed by atoms with Gasteiger partial charge in [-0.15, -0.1) is 0 Å². The van der Waals surface area contributed by atoms with Crippen molar-refractivity contribution in [1.29, 1.82) is 0 Å². The van der Waals surface area contributed by atoms with Gasteiger partial charge in [0.05, 0.1) is 21.7 Å². The van der Waals surface area contributed by atoms with Crippen LogP contribution in [0, 0.1) is 6.92 Å². The molecule has 1 N–H and O–H groups in total. The van der Waals surface area contributed by atoms with E-state index in [2.05, 4.69) is 57.4 Å². The van der Waals surface area contributed by atoms with Gasteiger partial charge in [-0.3, -0.25) is 4.79 Å². The summed E-state index contributed by atoms with van der Waals surface area (Å²) in [5.74, 6) is 1.38. The molecule has 1 amide bonds. The van der Waals surface area contributed by atoms with Gasteiger partial charge >= 0.3 is 0 Å². The number of aryl methyl sites for hydroxylation is 1. The van der Waals surface area contributed by atoms with E-state index >= 15 is 0 Å². The molecular weight excluding hydrogens is 500 g/mol. The van der Waals surface area contributed by atoms with Crippen LogP contribution in [0.15, 0.2) is 81.1 Å². The number of nitrogens with one attached hydrogen (secondary N) is 1. The van der Waals surface area contributed by atoms with Gasteiger partial charge in [0.25, 0.3) is 5.91 Å². The van der Waals surface area contributed by atoms with Gasteiger partial charge in [-0.1, -0.05) is 35.9 Å². The SMILES string of the molecule is CCOc1ccc(N=C2NC(=O)/C(=C\c3ccc(OCc4ccc(C)cc4)c(Br)c3)S2)cc1. The van der Waals surface area contributed by atoms with Gasteiger partial charge in [0.15, 0.2) is 5.17 Å². The molecule has 1 aliphatic heterocycles. The Morgan fingerprint density at radius 2 is 1.79 bits per heavy atom. The van der Waals surface area contributed by atoms with E-state index < -0.39 is 0 Å². The molecule has 0 radical (unpaired) electrons. The van der Waals surface area contributed by atoms with Gasteiger partial charge in [0.2, 0.25) is 0 Å². The van der Waals surface area contributed by atoms with E-state index in [0.29, 0.717) is 23.3 Å². The monoisotopic (exact) mass is 522 g/mol. The average molecular weight is 523 g/mol. The summed E-state index contributed by atoms with van der Waals surface area (Å²) in [5, 5.41) is 3.37. The molecule has 0 aromatic heterocycles. The second-order valence-electron chi connectivity index (χ2n) is 7.37. The van der Waals surface area contributed by atoms with Crippen molar-refractivity contribution in [3.05, 3.63) is 92.8 Å². The Bertz CT molecular complexity index is 1210. The van der Waals surface area contributed by atoms with Crippen LogP contribution in [0.5, 0.6) is 11.5 Å². The summed E-state index contributed by atoms with van der Waals surface area (Å²) in [4.78, 5) is 17.5. The lowest BCUT2D eigenvalue weighted by Crippen LogP contribution is -2.19. The third kappa shape index (κ3) is 6.27. The zero-order chi connectivity index (χ0) is 23.2. The molecule has 1 heterocycles. The van der Waals surface area contributed by atoms with Crippen molar-refractivity contribution in [2.75, 3.05) is 6.61 Å². The maximum absolute atomic E-state index is 12.4. The van der Waals surface area contributed by atoms with E-state index in [1.165, 1.54) is 17.3 Å². The highest BCUT2D eigenvalue weighted by Gasteiger charge is 2.24. The van der Waals surface area contributed by atoms with Gasteiger partial charge < -0.3 is 14.8 Å². The molecule has 33 heavy (non-hydrogen) atoms. The number of carbonyl (C=O) groups excluding carboxylic acids is 1. The first-order chi connectivity index (χ1) is 16.0. The van der Waals surface area contributed by atoms with Gasteiger partial charge in [0.1, 0.15) is 18.1 Å². The largest absolute Gasteiger partial charge is 0.494 e. The van der Waals surface area contributed by atoms with Crippen molar-refractivity contribution in [3.8, 4) is 11.5 Å². The fourth-order valence-electron chi connectivity index (χ4n) is 3.10. The number of ether oxygens (including phenoxy) is 2. The number of carbonyl (C=O) groups is 1. The molecule has 1 fully saturated rings. The van der Waals surface area contributed by atoms with Crippen molar-refractivity contribution >= 4 is 50.5 Å². The van der Waals surface area contributed by atoms with Gasteiger partial charge in [-0.2, -0.15) is 0 Å². The number of hydrogen-bond donors (Lipinski definition) is 1. The highest BCUT2D eigenvalue weighted by atomic mass is 79.9. The Morgan fingerprint density at radius 1 is 1.03 bits per heavy atom. The number of benzene rings is 3. The Labute approximate surface area is 206 Å². The molecule has 7 heteroatoms. The minimum Gasteiger partial charge on any atom is -0.494 e. The number of hydrogen-bond acceptors (Lipinski definition) is 5. The number of rotatable bonds is 7. The average Bonchev–Trinajstić information content (AvgIpc) is 3.14. The molecule has 0 spiro atoms. The van der Waals surface area contributed by atoms with Crippen LogP contribution in [0.25, 0.3) is 6.08 Å². The zero-order valence-corrected chi connectivity index (χ0v) is 20.7. The summed E-state index contributed by atoms with van der Waals surface area (Å²) >= 11 is 4.89. The minimum atomic E-state index is -0.166. The van der Waals surface area contributed by atoms with Crippen LogP contribution < -0.4 is 14.8 Å². The lowest BCUT2D eigenvalue weighted by Gasteiger charge is -2.09. The van der Waals surface area contributed by atoms with Crippen LogP contribution in [0.2, 0.25) is 0 Å². The number of aliphatic imine (C=N–C) groups is 1. The molecule has 3 aromatic rings. The van der Waals surface area contributed by atoms with Crippen molar-refractivity contribution < 1.29 is 14.3 Å². The summed E-state index contributed by atoms with van der Waals surface area (Å²) in [6, 6.07) is 21.5. The van der Waals surface area contributed by atoms with Crippen LogP contribution in [-0.2, 0) is 11.4 Å². The van der Waals surface area contributed by atoms with E-state index in [-0.39, 0.29) is 5.91 Å². The molecule has 0 aliphatic carbocycles. The van der Waals surface area contributed by atoms with Crippen LogP contribution in [0.1, 0.15) is 23.6 Å². The Morgan fingerprint density at radius 3 is 2.48 bits per heavy atom. The highest BCUT2D eigenvalue weighted by Crippen LogP contribution is 2.31. The second-order valence-corrected chi connectivity index (χ2v) is 9.26. The highest BCUT2D eigenvalue weighted by molar-refractivity contribution is 9.10. The lowest BCUT2D eigenvalue weighted by molar-refractivity contribution is -0.115. The van der Waals surface area contributed by atoms with E-state index in [9.17, 15) is 4.79 Å². The lowest BCUT2D eigenvalue weighted by atomic mass is 10.1. The number of amides is 1. The van der Waals surface area contributed by atoms with Crippen molar-refractivity contribution in [1.82, 2.24) is 5.32 Å². The predicted molar refractivity (Wildman–Crippen MR) is 138 cm³/mol. The molecular formula is C26H23BrN2O3S. The first-order valence-electron chi connectivity index (χ1n) is 10.5. The predicted octanol–water partition coefficient (Wildman–Crippen LogP) is 6.63. The summed E-state index contributed by atoms with van der Waals surface area (Å²) in [7, 11) is 0. The van der Waals surface area contributed by atoms with Gasteiger partial charge in [-0.25, -0.2) is 4.99 Å². The minimum absolute atomic E-state index is 0.166. The third-order valence-corrected chi connectivity index (χ3v) is 6.33. The summed E-state index contributed by atoms with van der Waals surface area (Å²) < 4.78 is 12.2. The molecule has 0 unspecified atom stereocenters.